The van der Waals surface area contributed by atoms with Gasteiger partial charge in [0.2, 0.25) is 0 Å². The molecule has 1 fully saturated rings. The molecule has 0 radical (unpaired) electrons. The molecular weight excluding hydrogens is 478 g/mol. The Morgan fingerprint density at radius 2 is 1.91 bits per heavy atom. The lowest BCUT2D eigenvalue weighted by Crippen LogP contribution is -2.17. The minimum Gasteiger partial charge on any atom is -0.481 e. The number of thiophene rings is 2. The van der Waals surface area contributed by atoms with Crippen molar-refractivity contribution in [1.29, 1.82) is 0 Å². The predicted octanol–water partition coefficient (Wildman–Crippen LogP) is 5.27. The summed E-state index contributed by atoms with van der Waals surface area (Å²) in [6.07, 6.45) is 0.750. The number of carbonyl (C=O) groups excluding carboxylic acids is 1. The van der Waals surface area contributed by atoms with Gasteiger partial charge in [0, 0.05) is 14.3 Å². The number of nitrogen functional groups attached to an aromatic ring is 1. The minimum absolute atomic E-state index is 0.141. The Morgan fingerprint density at radius 1 is 1.15 bits per heavy atom. The summed E-state index contributed by atoms with van der Waals surface area (Å²) in [5.41, 5.74) is 6.86. The number of nitrogens with two attached hydrogens (primary N) is 1. The molecule has 0 unspecified atom stereocenters. The van der Waals surface area contributed by atoms with Crippen molar-refractivity contribution in [2.75, 3.05) is 11.1 Å². The van der Waals surface area contributed by atoms with Crippen LogP contribution in [0.4, 0.5) is 15.5 Å². The number of ether oxygens (including phenoxy) is 1. The second-order valence-electron chi connectivity index (χ2n) is 7.54. The van der Waals surface area contributed by atoms with E-state index in [9.17, 15) is 14.7 Å². The Hall–Kier alpha value is -3.39. The van der Waals surface area contributed by atoms with Crippen molar-refractivity contribution in [2.45, 2.75) is 24.9 Å². The number of fused-ring (bicyclic) bond motifs is 1. The first kappa shape index (κ1) is 21.5. The number of nitrogens with zero attached hydrogens (tertiary/aromatic N) is 1. The molecule has 1 saturated carbocycles. The molecule has 1 aliphatic carbocycles. The van der Waals surface area contributed by atoms with Gasteiger partial charge in [-0.3, -0.25) is 10.1 Å². The van der Waals surface area contributed by atoms with Crippen LogP contribution in [0.3, 0.4) is 0 Å². The van der Waals surface area contributed by atoms with Crippen molar-refractivity contribution in [3.05, 3.63) is 63.5 Å². The predicted molar refractivity (Wildman–Crippen MR) is 131 cm³/mol. The molecule has 4 aromatic rings. The number of aliphatic carboxylic acids is 1. The lowest BCUT2D eigenvalue weighted by atomic mass is 10.1. The first-order chi connectivity index (χ1) is 15.9. The molecule has 1 aliphatic rings. The zero-order chi connectivity index (χ0) is 23.0. The van der Waals surface area contributed by atoms with Crippen LogP contribution < -0.4 is 11.1 Å². The normalized spacial score (nSPS) is 13.8. The van der Waals surface area contributed by atoms with Gasteiger partial charge in [-0.05, 0) is 53.9 Å². The molecule has 10 heteroatoms. The van der Waals surface area contributed by atoms with E-state index in [1.165, 1.54) is 22.7 Å². The molecule has 7 nitrogen and oxygen atoms in total. The molecule has 1 aromatic carbocycles. The van der Waals surface area contributed by atoms with Crippen LogP contribution in [0, 0.1) is 11.8 Å². The number of carboxylic acids is 1. The zero-order valence-electron chi connectivity index (χ0n) is 17.1. The fraction of sp³-hybridized carbons (Fsp3) is 0.174. The average Bonchev–Trinajstić information content (AvgIpc) is 3.24. The van der Waals surface area contributed by atoms with Gasteiger partial charge in [-0.2, -0.15) is 4.37 Å². The van der Waals surface area contributed by atoms with Crippen molar-refractivity contribution >= 4 is 66.4 Å². The molecular formula is C23H17N3O4S3. The molecule has 3 aromatic heterocycles. The number of benzene rings is 1. The third kappa shape index (κ3) is 4.30. The van der Waals surface area contributed by atoms with Crippen LogP contribution in [0.15, 0.2) is 42.5 Å². The number of carboxylic acid groups (broad SMARTS) is 1. The first-order valence-corrected chi connectivity index (χ1v) is 12.4. The van der Waals surface area contributed by atoms with E-state index in [-0.39, 0.29) is 6.61 Å². The van der Waals surface area contributed by atoms with Crippen LogP contribution in [0.25, 0.3) is 9.40 Å². The number of amides is 1. The number of hydrogen-bond donors (Lipinski definition) is 3. The van der Waals surface area contributed by atoms with E-state index >= 15 is 0 Å². The van der Waals surface area contributed by atoms with E-state index in [2.05, 4.69) is 21.5 Å². The van der Waals surface area contributed by atoms with E-state index < -0.39 is 17.5 Å². The van der Waals surface area contributed by atoms with Crippen LogP contribution >= 0.6 is 34.2 Å². The van der Waals surface area contributed by atoms with Crippen molar-refractivity contribution in [1.82, 2.24) is 4.37 Å². The highest BCUT2D eigenvalue weighted by Gasteiger charge is 2.53. The maximum absolute atomic E-state index is 12.2. The third-order valence-corrected chi connectivity index (χ3v) is 8.39. The third-order valence-electron chi connectivity index (χ3n) is 5.30. The molecule has 4 N–H and O–H groups in total. The SMILES string of the molecule is Nc1snc(C#Cc2cc3sc(C4(C(=O)O)CC4)cc3s2)c1NC(=O)OCc1ccccc1. The lowest BCUT2D eigenvalue weighted by molar-refractivity contribution is -0.139. The summed E-state index contributed by atoms with van der Waals surface area (Å²) >= 11 is 4.06. The Kier molecular flexibility index (Phi) is 5.54. The van der Waals surface area contributed by atoms with E-state index in [4.69, 9.17) is 10.5 Å². The minimum atomic E-state index is -0.750. The van der Waals surface area contributed by atoms with Gasteiger partial charge in [-0.1, -0.05) is 30.3 Å². The van der Waals surface area contributed by atoms with Gasteiger partial charge in [0.15, 0.2) is 5.69 Å². The smallest absolute Gasteiger partial charge is 0.412 e. The molecule has 0 atom stereocenters. The molecule has 0 aliphatic heterocycles. The van der Waals surface area contributed by atoms with E-state index in [0.29, 0.717) is 29.2 Å². The molecule has 1 amide bonds. The van der Waals surface area contributed by atoms with Crippen molar-refractivity contribution in [2.24, 2.45) is 0 Å². The van der Waals surface area contributed by atoms with Gasteiger partial charge in [-0.15, -0.1) is 22.7 Å². The van der Waals surface area contributed by atoms with E-state index in [0.717, 1.165) is 36.3 Å². The second-order valence-corrected chi connectivity index (χ2v) is 10.5. The Balaban J connectivity index is 1.29. The number of nitrogens with one attached hydrogen (secondary N) is 1. The Labute approximate surface area is 201 Å². The number of rotatable bonds is 5. The lowest BCUT2D eigenvalue weighted by Gasteiger charge is -2.06. The van der Waals surface area contributed by atoms with Crippen LogP contribution in [-0.2, 0) is 21.6 Å². The molecule has 0 spiro atoms. The van der Waals surface area contributed by atoms with Crippen LogP contribution in [0.1, 0.15) is 33.9 Å². The second kappa shape index (κ2) is 8.51. The van der Waals surface area contributed by atoms with E-state index in [1.807, 2.05) is 42.5 Å². The highest BCUT2D eigenvalue weighted by molar-refractivity contribution is 7.28. The summed E-state index contributed by atoms with van der Waals surface area (Å²) in [7, 11) is 0. The summed E-state index contributed by atoms with van der Waals surface area (Å²) in [6, 6.07) is 13.3. The molecule has 166 valence electrons. The Morgan fingerprint density at radius 3 is 2.61 bits per heavy atom. The molecule has 5 rings (SSSR count). The van der Waals surface area contributed by atoms with Crippen LogP contribution in [0.2, 0.25) is 0 Å². The van der Waals surface area contributed by atoms with Gasteiger partial charge in [0.05, 0.1) is 4.88 Å². The van der Waals surface area contributed by atoms with Crippen molar-refractivity contribution in [3.63, 3.8) is 0 Å². The summed E-state index contributed by atoms with van der Waals surface area (Å²) < 4.78 is 11.5. The van der Waals surface area contributed by atoms with Gasteiger partial charge in [-0.25, -0.2) is 4.79 Å². The highest BCUT2D eigenvalue weighted by Crippen LogP contribution is 2.52. The zero-order valence-corrected chi connectivity index (χ0v) is 19.5. The quantitative estimate of drug-likeness (QED) is 0.325. The van der Waals surface area contributed by atoms with Crippen molar-refractivity contribution < 1.29 is 19.4 Å². The number of hydrogen-bond acceptors (Lipinski definition) is 8. The van der Waals surface area contributed by atoms with Gasteiger partial charge >= 0.3 is 12.1 Å². The van der Waals surface area contributed by atoms with Crippen LogP contribution in [-0.4, -0.2) is 21.5 Å². The summed E-state index contributed by atoms with van der Waals surface area (Å²) in [6.45, 7) is 0.141. The summed E-state index contributed by atoms with van der Waals surface area (Å²) in [5, 5.41) is 12.5. The topological polar surface area (TPSA) is 115 Å². The van der Waals surface area contributed by atoms with Crippen molar-refractivity contribution in [3.8, 4) is 11.8 Å². The van der Waals surface area contributed by atoms with Gasteiger partial charge in [0.25, 0.3) is 0 Å². The standard InChI is InChI=1S/C23H17N3O4S3/c24-20-19(25-22(29)30-12-13-4-2-1-3-5-13)15(26-33-20)7-6-14-10-16-17(31-14)11-18(32-16)23(8-9-23)21(27)28/h1-5,10-11H,8-9,12,24H2,(H,25,29)(H,27,28). The maximum atomic E-state index is 12.2. The molecule has 3 heterocycles. The average molecular weight is 496 g/mol. The monoisotopic (exact) mass is 495 g/mol. The highest BCUT2D eigenvalue weighted by atomic mass is 32.1. The van der Waals surface area contributed by atoms with Gasteiger partial charge in [0.1, 0.15) is 22.7 Å². The van der Waals surface area contributed by atoms with Crippen LogP contribution in [0.5, 0.6) is 0 Å². The summed E-state index contributed by atoms with van der Waals surface area (Å²) in [4.78, 5) is 25.5. The molecule has 0 bridgehead atoms. The van der Waals surface area contributed by atoms with Gasteiger partial charge < -0.3 is 15.6 Å². The summed E-state index contributed by atoms with van der Waals surface area (Å²) in [5.74, 6) is 5.30. The number of carbonyl (C=O) groups is 2. The number of anilines is 2. The first-order valence-electron chi connectivity index (χ1n) is 9.97. The maximum Gasteiger partial charge on any atom is 0.412 e. The largest absolute Gasteiger partial charge is 0.481 e. The Bertz CT molecular complexity index is 1390. The number of aromatic nitrogens is 1. The van der Waals surface area contributed by atoms with E-state index in [1.54, 1.807) is 0 Å². The fourth-order valence-electron chi connectivity index (χ4n) is 3.31. The molecule has 0 saturated heterocycles. The molecule has 33 heavy (non-hydrogen) atoms. The fourth-order valence-corrected chi connectivity index (χ4v) is 6.37.